The van der Waals surface area contributed by atoms with Crippen molar-refractivity contribution in [2.45, 2.75) is 4.90 Å². The van der Waals surface area contributed by atoms with Crippen LogP contribution in [0.4, 0.5) is 5.82 Å². The molecule has 138 valence electrons. The van der Waals surface area contributed by atoms with Crippen LogP contribution in [0, 0.1) is 0 Å². The molecule has 0 amide bonds. The SMILES string of the molecule is CONS(=O)c1c[nH]c2cc(Cl)c(-c3ccc(N(C)C)nc3OC)cc12. The molecule has 0 aliphatic rings. The smallest absolute Gasteiger partial charge is 0.223 e. The summed E-state index contributed by atoms with van der Waals surface area (Å²) >= 11 is 6.49. The summed E-state index contributed by atoms with van der Waals surface area (Å²) in [7, 11) is 5.28. The number of rotatable bonds is 6. The van der Waals surface area contributed by atoms with Gasteiger partial charge in [-0.1, -0.05) is 11.6 Å². The summed E-state index contributed by atoms with van der Waals surface area (Å²) in [6, 6.07) is 7.46. The van der Waals surface area contributed by atoms with Crippen molar-refractivity contribution in [3.63, 3.8) is 0 Å². The molecule has 0 fully saturated rings. The maximum absolute atomic E-state index is 12.3. The van der Waals surface area contributed by atoms with Gasteiger partial charge in [-0.15, -0.1) is 4.89 Å². The number of halogens is 1. The Kier molecular flexibility index (Phi) is 5.47. The first-order chi connectivity index (χ1) is 12.5. The molecule has 0 aliphatic heterocycles. The highest BCUT2D eigenvalue weighted by Crippen LogP contribution is 2.38. The molecule has 2 heterocycles. The number of anilines is 1. The van der Waals surface area contributed by atoms with Gasteiger partial charge in [0.25, 0.3) is 0 Å². The molecule has 3 rings (SSSR count). The zero-order chi connectivity index (χ0) is 18.8. The summed E-state index contributed by atoms with van der Waals surface area (Å²) < 4.78 is 17.7. The molecule has 2 aromatic heterocycles. The molecule has 7 nitrogen and oxygen atoms in total. The van der Waals surface area contributed by atoms with E-state index in [2.05, 4.69) is 14.9 Å². The molecule has 26 heavy (non-hydrogen) atoms. The third-order valence-electron chi connectivity index (χ3n) is 3.88. The molecule has 3 aromatic rings. The first-order valence-corrected chi connectivity index (χ1v) is 9.22. The normalized spacial score (nSPS) is 12.3. The molecule has 0 saturated heterocycles. The number of hydrogen-bond acceptors (Lipinski definition) is 5. The number of aromatic nitrogens is 2. The summed E-state index contributed by atoms with van der Waals surface area (Å²) in [5.41, 5.74) is 2.27. The second-order valence-electron chi connectivity index (χ2n) is 5.71. The van der Waals surface area contributed by atoms with E-state index < -0.39 is 11.0 Å². The molecular formula is C17H19ClN4O3S. The van der Waals surface area contributed by atoms with Crippen LogP contribution in [0.25, 0.3) is 22.0 Å². The van der Waals surface area contributed by atoms with Crippen molar-refractivity contribution in [1.82, 2.24) is 14.9 Å². The molecule has 1 unspecified atom stereocenters. The molecular weight excluding hydrogens is 376 g/mol. The maximum Gasteiger partial charge on any atom is 0.223 e. The number of nitrogens with one attached hydrogen (secondary N) is 2. The van der Waals surface area contributed by atoms with Crippen molar-refractivity contribution < 1.29 is 13.8 Å². The number of nitrogens with zero attached hydrogens (tertiary/aromatic N) is 2. The lowest BCUT2D eigenvalue weighted by Gasteiger charge is -2.15. The third kappa shape index (κ3) is 3.41. The lowest BCUT2D eigenvalue weighted by Crippen LogP contribution is -2.14. The minimum absolute atomic E-state index is 0.464. The summed E-state index contributed by atoms with van der Waals surface area (Å²) in [5.74, 6) is 1.24. The van der Waals surface area contributed by atoms with Crippen molar-refractivity contribution in [2.75, 3.05) is 33.2 Å². The maximum atomic E-state index is 12.3. The number of methoxy groups -OCH3 is 1. The Morgan fingerprint density at radius 2 is 2.00 bits per heavy atom. The van der Waals surface area contributed by atoms with E-state index in [4.69, 9.17) is 21.2 Å². The van der Waals surface area contributed by atoms with E-state index in [1.807, 2.05) is 37.2 Å². The minimum Gasteiger partial charge on any atom is -0.480 e. The van der Waals surface area contributed by atoms with E-state index in [1.54, 1.807) is 19.4 Å². The van der Waals surface area contributed by atoms with Crippen LogP contribution in [0.3, 0.4) is 0 Å². The van der Waals surface area contributed by atoms with Gasteiger partial charge in [-0.05, 0) is 24.3 Å². The Morgan fingerprint density at radius 1 is 1.23 bits per heavy atom. The van der Waals surface area contributed by atoms with Gasteiger partial charge in [0.05, 0.1) is 24.1 Å². The molecule has 2 N–H and O–H groups in total. The second-order valence-corrected chi connectivity index (χ2v) is 7.26. The summed E-state index contributed by atoms with van der Waals surface area (Å²) in [4.78, 5) is 17.2. The lowest BCUT2D eigenvalue weighted by atomic mass is 10.0. The Morgan fingerprint density at radius 3 is 2.65 bits per heavy atom. The largest absolute Gasteiger partial charge is 0.480 e. The van der Waals surface area contributed by atoms with Crippen LogP contribution in [0.15, 0.2) is 35.4 Å². The number of hydrogen-bond donors (Lipinski definition) is 2. The van der Waals surface area contributed by atoms with Crippen LogP contribution in [0.5, 0.6) is 5.88 Å². The number of H-pyrrole nitrogens is 1. The van der Waals surface area contributed by atoms with Crippen LogP contribution >= 0.6 is 11.6 Å². The van der Waals surface area contributed by atoms with Gasteiger partial charge in [-0.2, -0.15) is 4.98 Å². The second kappa shape index (κ2) is 7.63. The highest BCUT2D eigenvalue weighted by Gasteiger charge is 2.17. The van der Waals surface area contributed by atoms with Gasteiger partial charge in [-0.3, -0.25) is 4.84 Å². The molecule has 0 radical (unpaired) electrons. The quantitative estimate of drug-likeness (QED) is 0.628. The topological polar surface area (TPSA) is 79.5 Å². The average Bonchev–Trinajstić information content (AvgIpc) is 3.03. The molecule has 1 aromatic carbocycles. The zero-order valence-corrected chi connectivity index (χ0v) is 16.4. The van der Waals surface area contributed by atoms with Crippen LogP contribution < -0.4 is 14.5 Å². The monoisotopic (exact) mass is 394 g/mol. The minimum atomic E-state index is -1.52. The molecule has 0 bridgehead atoms. The average molecular weight is 395 g/mol. The van der Waals surface area contributed by atoms with Crippen molar-refractivity contribution >= 4 is 39.3 Å². The van der Waals surface area contributed by atoms with Gasteiger partial charge >= 0.3 is 0 Å². The fraction of sp³-hybridized carbons (Fsp3) is 0.235. The first kappa shape index (κ1) is 18.7. The van der Waals surface area contributed by atoms with Crippen molar-refractivity contribution in [3.8, 4) is 17.0 Å². The van der Waals surface area contributed by atoms with Gasteiger partial charge < -0.3 is 14.6 Å². The van der Waals surface area contributed by atoms with Crippen LogP contribution in [0.2, 0.25) is 5.02 Å². The van der Waals surface area contributed by atoms with E-state index in [0.717, 1.165) is 27.8 Å². The Balaban J connectivity index is 2.17. The summed E-state index contributed by atoms with van der Waals surface area (Å²) in [6.07, 6.45) is 1.66. The molecule has 0 aliphatic carbocycles. The number of aromatic amines is 1. The summed E-state index contributed by atoms with van der Waals surface area (Å²) in [5, 5.41) is 1.31. The Labute approximate surface area is 158 Å². The zero-order valence-electron chi connectivity index (χ0n) is 14.8. The van der Waals surface area contributed by atoms with Crippen molar-refractivity contribution in [1.29, 1.82) is 0 Å². The standard InChI is InChI=1S/C17H19ClN4O3S/c1-22(2)16-6-5-10(17(20-16)24-3)11-7-12-14(8-13(11)18)19-9-15(12)26(23)21-25-4/h5-9,19,21H,1-4H3. The Hall–Kier alpha value is -2.13. The van der Waals surface area contributed by atoms with E-state index in [-0.39, 0.29) is 0 Å². The van der Waals surface area contributed by atoms with Crippen LogP contribution in [0.1, 0.15) is 0 Å². The van der Waals surface area contributed by atoms with E-state index in [1.165, 1.54) is 7.11 Å². The highest BCUT2D eigenvalue weighted by atomic mass is 35.5. The first-order valence-electron chi connectivity index (χ1n) is 7.70. The lowest BCUT2D eigenvalue weighted by molar-refractivity contribution is 0.158. The fourth-order valence-corrected chi connectivity index (χ4v) is 3.68. The number of fused-ring (bicyclic) bond motifs is 1. The van der Waals surface area contributed by atoms with E-state index >= 15 is 0 Å². The van der Waals surface area contributed by atoms with Gasteiger partial charge in [0.2, 0.25) is 5.88 Å². The number of ether oxygens (including phenoxy) is 1. The third-order valence-corrected chi connectivity index (χ3v) is 5.25. The molecule has 0 saturated carbocycles. The van der Waals surface area contributed by atoms with Crippen molar-refractivity contribution in [2.24, 2.45) is 0 Å². The highest BCUT2D eigenvalue weighted by molar-refractivity contribution is 7.83. The molecule has 1 atom stereocenters. The van der Waals surface area contributed by atoms with Gasteiger partial charge in [-0.25, -0.2) is 4.21 Å². The van der Waals surface area contributed by atoms with Crippen LogP contribution in [-0.2, 0) is 15.8 Å². The molecule has 0 spiro atoms. The van der Waals surface area contributed by atoms with Gasteiger partial charge in [0.1, 0.15) is 5.82 Å². The van der Waals surface area contributed by atoms with Crippen LogP contribution in [-0.4, -0.2) is 42.5 Å². The van der Waals surface area contributed by atoms with Gasteiger partial charge in [0.15, 0.2) is 11.0 Å². The van der Waals surface area contributed by atoms with Crippen molar-refractivity contribution in [3.05, 3.63) is 35.5 Å². The number of benzene rings is 1. The molecule has 9 heteroatoms. The van der Waals surface area contributed by atoms with E-state index in [0.29, 0.717) is 15.8 Å². The Bertz CT molecular complexity index is 974. The fourth-order valence-electron chi connectivity index (χ4n) is 2.64. The van der Waals surface area contributed by atoms with Gasteiger partial charge in [0, 0.05) is 42.3 Å². The number of pyridine rings is 1. The van der Waals surface area contributed by atoms with E-state index in [9.17, 15) is 4.21 Å². The predicted molar refractivity (Wildman–Crippen MR) is 104 cm³/mol. The predicted octanol–water partition coefficient (Wildman–Crippen LogP) is 3.13. The summed E-state index contributed by atoms with van der Waals surface area (Å²) in [6.45, 7) is 0.